The monoisotopic (exact) mass is 451 g/mol. The molecule has 10 heteroatoms. The molecular weight excluding hydrogens is 433 g/mol. The maximum atomic E-state index is 12.2. The Morgan fingerprint density at radius 3 is 2.83 bits per heavy atom. The number of aryl methyl sites for hydroxylation is 1. The minimum absolute atomic E-state index is 0.155. The lowest BCUT2D eigenvalue weighted by atomic mass is 10.2. The van der Waals surface area contributed by atoms with Crippen molar-refractivity contribution in [3.8, 4) is 5.75 Å². The molecule has 1 N–H and O–H groups in total. The SMILES string of the molecule is Cc1cc(Cl)ccc1OC(C)c1nnc(SCC(=O)Nc2cccnc2Cl)n1C. The first kappa shape index (κ1) is 21.4. The van der Waals surface area contributed by atoms with Gasteiger partial charge in [0, 0.05) is 18.3 Å². The Morgan fingerprint density at radius 2 is 2.10 bits per heavy atom. The summed E-state index contributed by atoms with van der Waals surface area (Å²) in [4.78, 5) is 16.1. The van der Waals surface area contributed by atoms with Crippen molar-refractivity contribution in [2.24, 2.45) is 7.05 Å². The van der Waals surface area contributed by atoms with Crippen LogP contribution < -0.4 is 10.1 Å². The standard InChI is InChI=1S/C19H19Cl2N5O2S/c1-11-9-13(20)6-7-15(11)28-12(2)18-24-25-19(26(18)3)29-10-16(27)23-14-5-4-8-22-17(14)21/h4-9,12H,10H2,1-3H3,(H,23,27). The van der Waals surface area contributed by atoms with Crippen molar-refractivity contribution in [3.63, 3.8) is 0 Å². The molecule has 0 saturated carbocycles. The second-order valence-electron chi connectivity index (χ2n) is 6.25. The highest BCUT2D eigenvalue weighted by molar-refractivity contribution is 7.99. The highest BCUT2D eigenvalue weighted by atomic mass is 35.5. The van der Waals surface area contributed by atoms with Gasteiger partial charge in [0.2, 0.25) is 5.91 Å². The fourth-order valence-electron chi connectivity index (χ4n) is 2.59. The van der Waals surface area contributed by atoms with Gasteiger partial charge in [-0.3, -0.25) is 4.79 Å². The number of hydrogen-bond acceptors (Lipinski definition) is 6. The number of amides is 1. The molecule has 0 spiro atoms. The Labute approximate surface area is 182 Å². The number of aromatic nitrogens is 4. The highest BCUT2D eigenvalue weighted by Gasteiger charge is 2.19. The molecule has 1 unspecified atom stereocenters. The van der Waals surface area contributed by atoms with Crippen molar-refractivity contribution in [2.45, 2.75) is 25.1 Å². The van der Waals surface area contributed by atoms with Crippen LogP contribution in [0.1, 0.15) is 24.4 Å². The average molecular weight is 452 g/mol. The second kappa shape index (κ2) is 9.47. The van der Waals surface area contributed by atoms with Gasteiger partial charge in [-0.15, -0.1) is 10.2 Å². The summed E-state index contributed by atoms with van der Waals surface area (Å²) in [5, 5.41) is 12.6. The Kier molecular flexibility index (Phi) is 7.00. The summed E-state index contributed by atoms with van der Waals surface area (Å²) in [7, 11) is 1.84. The van der Waals surface area contributed by atoms with E-state index in [9.17, 15) is 4.79 Å². The van der Waals surface area contributed by atoms with E-state index < -0.39 is 0 Å². The van der Waals surface area contributed by atoms with Crippen LogP contribution in [0.25, 0.3) is 0 Å². The molecule has 0 radical (unpaired) electrons. The topological polar surface area (TPSA) is 81.9 Å². The van der Waals surface area contributed by atoms with Crippen LogP contribution in [-0.4, -0.2) is 31.4 Å². The third-order valence-electron chi connectivity index (χ3n) is 4.04. The molecule has 152 valence electrons. The lowest BCUT2D eigenvalue weighted by Crippen LogP contribution is -2.15. The molecule has 1 atom stereocenters. The van der Waals surface area contributed by atoms with E-state index in [4.69, 9.17) is 27.9 Å². The molecule has 0 aliphatic carbocycles. The zero-order valence-electron chi connectivity index (χ0n) is 16.0. The van der Waals surface area contributed by atoms with Crippen molar-refractivity contribution >= 4 is 46.6 Å². The van der Waals surface area contributed by atoms with Gasteiger partial charge in [0.25, 0.3) is 0 Å². The summed E-state index contributed by atoms with van der Waals surface area (Å²) in [6.45, 7) is 3.82. The van der Waals surface area contributed by atoms with Gasteiger partial charge in [-0.25, -0.2) is 4.98 Å². The summed E-state index contributed by atoms with van der Waals surface area (Å²) >= 11 is 13.2. The van der Waals surface area contributed by atoms with Crippen LogP contribution in [0, 0.1) is 6.92 Å². The highest BCUT2D eigenvalue weighted by Crippen LogP contribution is 2.28. The number of ether oxygens (including phenoxy) is 1. The first-order valence-electron chi connectivity index (χ1n) is 8.70. The van der Waals surface area contributed by atoms with Gasteiger partial charge in [-0.2, -0.15) is 0 Å². The van der Waals surface area contributed by atoms with Crippen LogP contribution in [0.2, 0.25) is 10.2 Å². The fraction of sp³-hybridized carbons (Fsp3) is 0.263. The van der Waals surface area contributed by atoms with Crippen LogP contribution >= 0.6 is 35.0 Å². The van der Waals surface area contributed by atoms with Gasteiger partial charge < -0.3 is 14.6 Å². The Morgan fingerprint density at radius 1 is 1.31 bits per heavy atom. The summed E-state index contributed by atoms with van der Waals surface area (Å²) in [5.41, 5.74) is 1.41. The third-order valence-corrected chi connectivity index (χ3v) is 5.59. The molecule has 7 nitrogen and oxygen atoms in total. The van der Waals surface area contributed by atoms with Gasteiger partial charge in [0.1, 0.15) is 5.75 Å². The number of hydrogen-bond donors (Lipinski definition) is 1. The lowest BCUT2D eigenvalue weighted by molar-refractivity contribution is -0.113. The summed E-state index contributed by atoms with van der Waals surface area (Å²) in [6, 6.07) is 8.84. The quantitative estimate of drug-likeness (QED) is 0.414. The van der Waals surface area contributed by atoms with Crippen LogP contribution in [0.3, 0.4) is 0 Å². The van der Waals surface area contributed by atoms with Gasteiger partial charge in [-0.1, -0.05) is 35.0 Å². The summed E-state index contributed by atoms with van der Waals surface area (Å²) in [5.74, 6) is 1.32. The van der Waals surface area contributed by atoms with Gasteiger partial charge in [-0.05, 0) is 49.7 Å². The first-order chi connectivity index (χ1) is 13.8. The van der Waals surface area contributed by atoms with Crippen LogP contribution in [0.5, 0.6) is 5.75 Å². The molecule has 29 heavy (non-hydrogen) atoms. The van der Waals surface area contributed by atoms with Gasteiger partial charge >= 0.3 is 0 Å². The molecule has 2 heterocycles. The normalized spacial score (nSPS) is 11.9. The van der Waals surface area contributed by atoms with E-state index in [2.05, 4.69) is 20.5 Å². The van der Waals surface area contributed by atoms with E-state index in [1.165, 1.54) is 11.8 Å². The Balaban J connectivity index is 1.61. The maximum absolute atomic E-state index is 12.2. The van der Waals surface area contributed by atoms with Crippen LogP contribution in [0.4, 0.5) is 5.69 Å². The van der Waals surface area contributed by atoms with Gasteiger partial charge in [0.05, 0.1) is 11.4 Å². The molecule has 1 aromatic carbocycles. The van der Waals surface area contributed by atoms with Crippen LogP contribution in [-0.2, 0) is 11.8 Å². The first-order valence-corrected chi connectivity index (χ1v) is 10.4. The number of nitrogens with one attached hydrogen (secondary N) is 1. The number of thioether (sulfide) groups is 1. The molecule has 0 bridgehead atoms. The maximum Gasteiger partial charge on any atom is 0.234 e. The zero-order valence-corrected chi connectivity index (χ0v) is 18.3. The molecule has 0 saturated heterocycles. The number of carbonyl (C=O) groups is 1. The Bertz CT molecular complexity index is 1030. The van der Waals surface area contributed by atoms with Crippen molar-refractivity contribution < 1.29 is 9.53 Å². The number of pyridine rings is 1. The predicted octanol–water partition coefficient (Wildman–Crippen LogP) is 4.70. The number of halogens is 2. The largest absolute Gasteiger partial charge is 0.482 e. The van der Waals surface area contributed by atoms with Crippen molar-refractivity contribution in [2.75, 3.05) is 11.1 Å². The molecule has 0 fully saturated rings. The van der Waals surface area contributed by atoms with E-state index in [1.54, 1.807) is 24.4 Å². The second-order valence-corrected chi connectivity index (χ2v) is 7.99. The molecule has 2 aromatic heterocycles. The fourth-order valence-corrected chi connectivity index (χ4v) is 3.70. The number of benzene rings is 1. The lowest BCUT2D eigenvalue weighted by Gasteiger charge is -2.16. The molecule has 1 amide bonds. The van der Waals surface area contributed by atoms with E-state index in [0.717, 1.165) is 11.3 Å². The summed E-state index contributed by atoms with van der Waals surface area (Å²) in [6.07, 6.45) is 1.23. The zero-order chi connectivity index (χ0) is 21.0. The minimum Gasteiger partial charge on any atom is -0.482 e. The number of carbonyl (C=O) groups excluding carboxylic acids is 1. The predicted molar refractivity (Wildman–Crippen MR) is 115 cm³/mol. The van der Waals surface area contributed by atoms with Crippen molar-refractivity contribution in [1.29, 1.82) is 0 Å². The molecular formula is C19H19Cl2N5O2S. The Hall–Kier alpha value is -2.29. The molecule has 3 rings (SSSR count). The van der Waals surface area contributed by atoms with E-state index in [1.807, 2.05) is 37.6 Å². The summed E-state index contributed by atoms with van der Waals surface area (Å²) < 4.78 is 7.82. The number of anilines is 1. The number of nitrogens with zero attached hydrogens (tertiary/aromatic N) is 4. The van der Waals surface area contributed by atoms with Crippen LogP contribution in [0.15, 0.2) is 41.7 Å². The smallest absolute Gasteiger partial charge is 0.234 e. The number of rotatable bonds is 7. The van der Waals surface area contributed by atoms with Crippen molar-refractivity contribution in [3.05, 3.63) is 58.1 Å². The molecule has 0 aliphatic rings. The van der Waals surface area contributed by atoms with E-state index in [-0.39, 0.29) is 22.9 Å². The third kappa shape index (κ3) is 5.41. The van der Waals surface area contributed by atoms with E-state index >= 15 is 0 Å². The van der Waals surface area contributed by atoms with E-state index in [0.29, 0.717) is 21.7 Å². The molecule has 0 aliphatic heterocycles. The van der Waals surface area contributed by atoms with Gasteiger partial charge in [0.15, 0.2) is 22.2 Å². The van der Waals surface area contributed by atoms with Crippen molar-refractivity contribution in [1.82, 2.24) is 19.7 Å². The minimum atomic E-state index is -0.329. The average Bonchev–Trinajstić information content (AvgIpc) is 3.05. The molecule has 3 aromatic rings.